The van der Waals surface area contributed by atoms with Gasteiger partial charge in [0.15, 0.2) is 0 Å². The molecule has 33 heavy (non-hydrogen) atoms. The summed E-state index contributed by atoms with van der Waals surface area (Å²) in [5, 5.41) is 12.6. The molecule has 1 atom stereocenters. The van der Waals surface area contributed by atoms with Crippen LogP contribution >= 0.6 is 0 Å². The van der Waals surface area contributed by atoms with Gasteiger partial charge in [-0.15, -0.1) is 0 Å². The lowest BCUT2D eigenvalue weighted by Gasteiger charge is -2.12. The summed E-state index contributed by atoms with van der Waals surface area (Å²) in [6, 6.07) is 16.4. The first kappa shape index (κ1) is 23.8. The Hall–Kier alpha value is -3.83. The maximum Gasteiger partial charge on any atom is 0.316 e. The number of phenols is 1. The van der Waals surface area contributed by atoms with Crippen molar-refractivity contribution in [3.05, 3.63) is 84.9 Å². The second-order valence-corrected chi connectivity index (χ2v) is 9.31. The molecule has 0 heterocycles. The molecule has 0 aromatic heterocycles. The third kappa shape index (κ3) is 6.57. The minimum absolute atomic E-state index is 0.0199. The molecular formula is C22H21N3O6S2. The molecule has 0 saturated heterocycles. The molecule has 0 spiro atoms. The van der Waals surface area contributed by atoms with E-state index in [2.05, 4.69) is 21.3 Å². The molecular weight excluding hydrogens is 466 g/mol. The van der Waals surface area contributed by atoms with Gasteiger partial charge in [0.05, 0.1) is 16.3 Å². The zero-order valence-electron chi connectivity index (χ0n) is 17.4. The topological polar surface area (TPSA) is 134 Å². The molecule has 0 aliphatic heterocycles. The summed E-state index contributed by atoms with van der Waals surface area (Å²) in [6.45, 7) is 5.21. The number of rotatable bonds is 9. The van der Waals surface area contributed by atoms with Gasteiger partial charge in [-0.25, -0.2) is 8.42 Å². The molecule has 3 aromatic carbocycles. The van der Waals surface area contributed by atoms with Crippen LogP contribution < -0.4 is 18.9 Å². The average Bonchev–Trinajstić information content (AvgIpc) is 2.76. The van der Waals surface area contributed by atoms with Crippen molar-refractivity contribution in [2.45, 2.75) is 11.8 Å². The van der Waals surface area contributed by atoms with E-state index in [0.29, 0.717) is 5.69 Å². The van der Waals surface area contributed by atoms with Crippen molar-refractivity contribution in [1.29, 1.82) is 0 Å². The molecule has 0 bridgehead atoms. The molecule has 11 heteroatoms. The fraction of sp³-hybridized carbons (Fsp3) is 0.0455. The third-order valence-corrected chi connectivity index (χ3v) is 6.36. The summed E-state index contributed by atoms with van der Waals surface area (Å²) < 4.78 is 47.7. The van der Waals surface area contributed by atoms with E-state index < -0.39 is 27.2 Å². The smallest absolute Gasteiger partial charge is 0.316 e. The van der Waals surface area contributed by atoms with E-state index in [1.807, 2.05) is 6.92 Å². The van der Waals surface area contributed by atoms with Crippen LogP contribution in [0.1, 0.15) is 5.56 Å². The molecule has 172 valence electrons. The Kier molecular flexibility index (Phi) is 7.36. The lowest BCUT2D eigenvalue weighted by atomic mass is 10.2. The van der Waals surface area contributed by atoms with Gasteiger partial charge < -0.3 is 14.6 Å². The van der Waals surface area contributed by atoms with E-state index >= 15 is 0 Å². The zero-order valence-corrected chi connectivity index (χ0v) is 19.1. The quantitative estimate of drug-likeness (QED) is 0.207. The van der Waals surface area contributed by atoms with Gasteiger partial charge in [0.2, 0.25) is 5.91 Å². The summed E-state index contributed by atoms with van der Waals surface area (Å²) in [5.41, 5.74) is 1.45. The molecule has 4 N–H and O–H groups in total. The van der Waals surface area contributed by atoms with E-state index in [0.717, 1.165) is 11.6 Å². The van der Waals surface area contributed by atoms with Crippen LogP contribution in [0.15, 0.2) is 84.3 Å². The second kappa shape index (κ2) is 10.2. The number of carbonyl (C=O) groups excluding carboxylic acids is 1. The van der Waals surface area contributed by atoms with Crippen molar-refractivity contribution >= 4 is 44.3 Å². The predicted octanol–water partition coefficient (Wildman–Crippen LogP) is 3.70. The summed E-state index contributed by atoms with van der Waals surface area (Å²) in [5.74, 6) is -0.503. The predicted molar refractivity (Wildman–Crippen MR) is 128 cm³/mol. The number of hydrogen-bond acceptors (Lipinski definition) is 6. The highest BCUT2D eigenvalue weighted by Crippen LogP contribution is 2.29. The molecule has 0 radical (unpaired) electrons. The highest BCUT2D eigenvalue weighted by Gasteiger charge is 2.16. The molecule has 1 amide bonds. The minimum atomic E-state index is -3.86. The highest BCUT2D eigenvalue weighted by atomic mass is 32.2. The molecule has 9 nitrogen and oxygen atoms in total. The number of sulfonamides is 1. The standard InChI is InChI=1S/C22H21N3O6S2/c1-3-22(27)23-16-5-4-6-18(13-16)31-32(28)24-20-14-17(9-12-21(20)26)25-33(29,30)19-10-7-15(2)8-11-19/h3-14,24-26H,1H2,2H3,(H,23,27). The van der Waals surface area contributed by atoms with Gasteiger partial charge in [-0.05, 0) is 55.5 Å². The molecule has 1 unspecified atom stereocenters. The lowest BCUT2D eigenvalue weighted by molar-refractivity contribution is -0.111. The van der Waals surface area contributed by atoms with E-state index in [9.17, 15) is 22.5 Å². The van der Waals surface area contributed by atoms with Crippen molar-refractivity contribution in [2.24, 2.45) is 0 Å². The number of aromatic hydroxyl groups is 1. The fourth-order valence-electron chi connectivity index (χ4n) is 2.63. The van der Waals surface area contributed by atoms with Gasteiger partial charge >= 0.3 is 11.3 Å². The van der Waals surface area contributed by atoms with Crippen LogP contribution in [-0.2, 0) is 26.1 Å². The van der Waals surface area contributed by atoms with Crippen molar-refractivity contribution in [3.63, 3.8) is 0 Å². The van der Waals surface area contributed by atoms with E-state index in [-0.39, 0.29) is 27.8 Å². The van der Waals surface area contributed by atoms with Gasteiger partial charge in [-0.1, -0.05) is 30.3 Å². The fourth-order valence-corrected chi connectivity index (χ4v) is 4.34. The number of carbonyl (C=O) groups is 1. The van der Waals surface area contributed by atoms with Gasteiger partial charge in [-0.2, -0.15) is 4.21 Å². The lowest BCUT2D eigenvalue weighted by Crippen LogP contribution is -2.14. The highest BCUT2D eigenvalue weighted by molar-refractivity contribution is 7.92. The number of anilines is 3. The number of aryl methyl sites for hydroxylation is 1. The SMILES string of the molecule is C=CC(=O)Nc1cccc(OS(=O)Nc2cc(NS(=O)(=O)c3ccc(C)cc3)ccc2O)c1. The number of nitrogens with one attached hydrogen (secondary N) is 3. The Morgan fingerprint density at radius 1 is 1.06 bits per heavy atom. The van der Waals surface area contributed by atoms with Gasteiger partial charge in [0.25, 0.3) is 10.0 Å². The Labute approximate surface area is 194 Å². The van der Waals surface area contributed by atoms with Crippen LogP contribution in [0.3, 0.4) is 0 Å². The Morgan fingerprint density at radius 3 is 2.48 bits per heavy atom. The van der Waals surface area contributed by atoms with Crippen LogP contribution in [0, 0.1) is 6.92 Å². The molecule has 3 rings (SSSR count). The van der Waals surface area contributed by atoms with Crippen molar-refractivity contribution in [3.8, 4) is 11.5 Å². The Bertz CT molecular complexity index is 1310. The monoisotopic (exact) mass is 487 g/mol. The summed E-state index contributed by atoms with van der Waals surface area (Å²) in [6.07, 6.45) is 1.11. The Morgan fingerprint density at radius 2 is 1.79 bits per heavy atom. The zero-order chi connectivity index (χ0) is 24.0. The van der Waals surface area contributed by atoms with Crippen LogP contribution in [0.2, 0.25) is 0 Å². The van der Waals surface area contributed by atoms with Gasteiger partial charge in [-0.3, -0.25) is 14.2 Å². The van der Waals surface area contributed by atoms with Crippen LogP contribution in [0.4, 0.5) is 17.1 Å². The number of benzene rings is 3. The average molecular weight is 488 g/mol. The number of hydrogen-bond donors (Lipinski definition) is 4. The Balaban J connectivity index is 1.71. The maximum atomic E-state index is 12.6. The van der Waals surface area contributed by atoms with Crippen molar-refractivity contribution in [2.75, 3.05) is 14.8 Å². The second-order valence-electron chi connectivity index (χ2n) is 6.79. The van der Waals surface area contributed by atoms with Gasteiger partial charge in [0, 0.05) is 11.8 Å². The van der Waals surface area contributed by atoms with Gasteiger partial charge in [0.1, 0.15) is 11.5 Å². The molecule has 0 aliphatic rings. The van der Waals surface area contributed by atoms with Crippen LogP contribution in [0.5, 0.6) is 11.5 Å². The van der Waals surface area contributed by atoms with E-state index in [1.54, 1.807) is 24.3 Å². The first-order valence-electron chi connectivity index (χ1n) is 9.49. The number of amides is 1. The third-order valence-electron chi connectivity index (χ3n) is 4.23. The largest absolute Gasteiger partial charge is 0.506 e. The number of phenolic OH excluding ortho intramolecular Hbond substituents is 1. The van der Waals surface area contributed by atoms with E-state index in [1.165, 1.54) is 42.5 Å². The summed E-state index contributed by atoms with van der Waals surface area (Å²) in [4.78, 5) is 11.5. The summed E-state index contributed by atoms with van der Waals surface area (Å²) in [7, 11) is -3.86. The first-order chi connectivity index (χ1) is 15.7. The molecule has 3 aromatic rings. The van der Waals surface area contributed by atoms with Crippen molar-refractivity contribution < 1.29 is 26.7 Å². The maximum absolute atomic E-state index is 12.6. The minimum Gasteiger partial charge on any atom is -0.506 e. The van der Waals surface area contributed by atoms with Crippen LogP contribution in [0.25, 0.3) is 0 Å². The molecule has 0 fully saturated rings. The normalized spacial score (nSPS) is 11.8. The van der Waals surface area contributed by atoms with E-state index in [4.69, 9.17) is 4.18 Å². The molecule has 0 saturated carbocycles. The molecule has 0 aliphatic carbocycles. The first-order valence-corrected chi connectivity index (χ1v) is 12.0. The van der Waals surface area contributed by atoms with Crippen molar-refractivity contribution in [1.82, 2.24) is 0 Å². The van der Waals surface area contributed by atoms with Crippen LogP contribution in [-0.4, -0.2) is 23.6 Å². The summed E-state index contributed by atoms with van der Waals surface area (Å²) >= 11 is -2.15.